The molecule has 0 radical (unpaired) electrons. The van der Waals surface area contributed by atoms with E-state index in [0.717, 1.165) is 13.0 Å². The molecule has 1 spiro atoms. The number of fused-ring (bicyclic) bond motifs is 2. The maximum Gasteiger partial charge on any atom is 0.0926 e. The van der Waals surface area contributed by atoms with Crippen LogP contribution in [0.25, 0.3) is 0 Å². The van der Waals surface area contributed by atoms with Crippen molar-refractivity contribution < 1.29 is 0 Å². The normalized spacial score (nSPS) is 25.0. The molecule has 0 aromatic carbocycles. The van der Waals surface area contributed by atoms with Crippen molar-refractivity contribution in [2.45, 2.75) is 12.0 Å². The third kappa shape index (κ3) is 0.742. The van der Waals surface area contributed by atoms with Gasteiger partial charge < -0.3 is 10.3 Å². The molecule has 3 heterocycles. The van der Waals surface area contributed by atoms with E-state index in [4.69, 9.17) is 0 Å². The van der Waals surface area contributed by atoms with Crippen LogP contribution in [0, 0.1) is 0 Å². The number of imidazole rings is 1. The summed E-state index contributed by atoms with van der Waals surface area (Å²) in [7, 11) is 0. The van der Waals surface area contributed by atoms with Crippen LogP contribution in [-0.2, 0) is 12.0 Å². The summed E-state index contributed by atoms with van der Waals surface area (Å²) in [4.78, 5) is 7.62. The highest BCUT2D eigenvalue weighted by Gasteiger charge is 2.44. The van der Waals surface area contributed by atoms with E-state index < -0.39 is 0 Å². The lowest BCUT2D eigenvalue weighted by Gasteiger charge is -2.43. The second-order valence-corrected chi connectivity index (χ2v) is 4.47. The number of aromatic amines is 1. The number of nitrogens with zero attached hydrogens (tertiary/aromatic N) is 1. The SMILES string of the molecule is c1nc2c([nH]1)CCNC21CSC1. The van der Waals surface area contributed by atoms with Gasteiger partial charge >= 0.3 is 0 Å². The summed E-state index contributed by atoms with van der Waals surface area (Å²) in [6.45, 7) is 1.09. The Morgan fingerprint density at radius 2 is 2.42 bits per heavy atom. The van der Waals surface area contributed by atoms with Crippen LogP contribution >= 0.6 is 11.8 Å². The minimum Gasteiger partial charge on any atom is -0.348 e. The summed E-state index contributed by atoms with van der Waals surface area (Å²) in [5.41, 5.74) is 2.85. The van der Waals surface area contributed by atoms with Crippen molar-refractivity contribution in [2.75, 3.05) is 18.1 Å². The van der Waals surface area contributed by atoms with Crippen LogP contribution < -0.4 is 5.32 Å². The molecule has 0 amide bonds. The topological polar surface area (TPSA) is 40.7 Å². The average molecular weight is 181 g/mol. The van der Waals surface area contributed by atoms with Crippen LogP contribution in [0.2, 0.25) is 0 Å². The van der Waals surface area contributed by atoms with Gasteiger partial charge in [0.15, 0.2) is 0 Å². The number of H-pyrrole nitrogens is 1. The Morgan fingerprint density at radius 3 is 3.17 bits per heavy atom. The van der Waals surface area contributed by atoms with Gasteiger partial charge in [0, 0.05) is 30.2 Å². The van der Waals surface area contributed by atoms with Crippen molar-refractivity contribution in [2.24, 2.45) is 0 Å². The van der Waals surface area contributed by atoms with E-state index in [2.05, 4.69) is 15.3 Å². The average Bonchev–Trinajstić information content (AvgIpc) is 2.47. The van der Waals surface area contributed by atoms with Crippen LogP contribution in [0.1, 0.15) is 11.4 Å². The Bertz CT molecular complexity index is 303. The van der Waals surface area contributed by atoms with Crippen molar-refractivity contribution in [3.05, 3.63) is 17.7 Å². The highest BCUT2D eigenvalue weighted by molar-refractivity contribution is 8.00. The fourth-order valence-corrected chi connectivity index (χ4v) is 3.07. The third-order valence-corrected chi connectivity index (χ3v) is 4.10. The molecule has 0 aliphatic carbocycles. The zero-order valence-electron chi connectivity index (χ0n) is 6.76. The van der Waals surface area contributed by atoms with Crippen LogP contribution in [0.3, 0.4) is 0 Å². The van der Waals surface area contributed by atoms with E-state index in [-0.39, 0.29) is 5.54 Å². The second kappa shape index (κ2) is 2.26. The summed E-state index contributed by atoms with van der Waals surface area (Å²) < 4.78 is 0. The molecule has 2 N–H and O–H groups in total. The van der Waals surface area contributed by atoms with E-state index in [1.807, 2.05) is 18.1 Å². The molecule has 0 bridgehead atoms. The first kappa shape index (κ1) is 6.97. The maximum absolute atomic E-state index is 4.40. The molecular formula is C8H11N3S. The number of thioether (sulfide) groups is 1. The van der Waals surface area contributed by atoms with E-state index in [9.17, 15) is 0 Å². The van der Waals surface area contributed by atoms with Crippen molar-refractivity contribution in [3.63, 3.8) is 0 Å². The van der Waals surface area contributed by atoms with Gasteiger partial charge in [-0.2, -0.15) is 11.8 Å². The summed E-state index contributed by atoms with van der Waals surface area (Å²) in [6, 6.07) is 0. The molecule has 4 heteroatoms. The molecular weight excluding hydrogens is 170 g/mol. The number of hydrogen-bond acceptors (Lipinski definition) is 3. The summed E-state index contributed by atoms with van der Waals surface area (Å²) in [5.74, 6) is 2.37. The highest BCUT2D eigenvalue weighted by Crippen LogP contribution is 2.40. The standard InChI is InChI=1S/C8H11N3S/c1-2-11-8(3-12-4-8)7-6(1)9-5-10-7/h5,11H,1-4H2,(H,9,10). The molecule has 3 nitrogen and oxygen atoms in total. The lowest BCUT2D eigenvalue weighted by Crippen LogP contribution is -2.56. The van der Waals surface area contributed by atoms with E-state index in [0.29, 0.717) is 0 Å². The van der Waals surface area contributed by atoms with Crippen LogP contribution in [0.15, 0.2) is 6.33 Å². The zero-order valence-corrected chi connectivity index (χ0v) is 7.58. The van der Waals surface area contributed by atoms with Gasteiger partial charge in [-0.1, -0.05) is 0 Å². The smallest absolute Gasteiger partial charge is 0.0926 e. The largest absolute Gasteiger partial charge is 0.348 e. The van der Waals surface area contributed by atoms with Crippen molar-refractivity contribution in [3.8, 4) is 0 Å². The second-order valence-electron chi connectivity index (χ2n) is 3.48. The molecule has 12 heavy (non-hydrogen) atoms. The van der Waals surface area contributed by atoms with Gasteiger partial charge in [0.05, 0.1) is 17.6 Å². The van der Waals surface area contributed by atoms with Gasteiger partial charge in [0.1, 0.15) is 0 Å². The Balaban J connectivity index is 2.09. The molecule has 2 aliphatic heterocycles. The lowest BCUT2D eigenvalue weighted by atomic mass is 9.92. The molecule has 1 saturated heterocycles. The van der Waals surface area contributed by atoms with Gasteiger partial charge in [-0.15, -0.1) is 0 Å². The molecule has 64 valence electrons. The molecule has 1 aromatic heterocycles. The van der Waals surface area contributed by atoms with Gasteiger partial charge in [0.25, 0.3) is 0 Å². The molecule has 1 fully saturated rings. The predicted octanol–water partition coefficient (Wildman–Crippen LogP) is 0.498. The van der Waals surface area contributed by atoms with Gasteiger partial charge in [0.2, 0.25) is 0 Å². The summed E-state index contributed by atoms with van der Waals surface area (Å²) in [5, 5.41) is 3.57. The Kier molecular flexibility index (Phi) is 1.32. The molecule has 0 unspecified atom stereocenters. The monoisotopic (exact) mass is 181 g/mol. The summed E-state index contributed by atoms with van der Waals surface area (Å²) in [6.07, 6.45) is 2.92. The highest BCUT2D eigenvalue weighted by atomic mass is 32.2. The van der Waals surface area contributed by atoms with Gasteiger partial charge in [-0.3, -0.25) is 0 Å². The minimum absolute atomic E-state index is 0.234. The Hall–Kier alpha value is -0.480. The molecule has 2 aliphatic rings. The Labute approximate surface area is 75.3 Å². The fourth-order valence-electron chi connectivity index (χ4n) is 1.98. The van der Waals surface area contributed by atoms with Crippen molar-refractivity contribution in [1.29, 1.82) is 0 Å². The van der Waals surface area contributed by atoms with E-state index in [1.54, 1.807) is 0 Å². The fraction of sp³-hybridized carbons (Fsp3) is 0.625. The molecule has 3 rings (SSSR count). The molecule has 0 atom stereocenters. The van der Waals surface area contributed by atoms with Crippen molar-refractivity contribution >= 4 is 11.8 Å². The first-order valence-corrected chi connectivity index (χ1v) is 5.42. The van der Waals surface area contributed by atoms with Gasteiger partial charge in [-0.05, 0) is 0 Å². The minimum atomic E-state index is 0.234. The first-order valence-electron chi connectivity index (χ1n) is 4.26. The lowest BCUT2D eigenvalue weighted by molar-refractivity contribution is 0.367. The van der Waals surface area contributed by atoms with E-state index >= 15 is 0 Å². The first-order chi connectivity index (χ1) is 5.91. The number of hydrogen-bond donors (Lipinski definition) is 2. The maximum atomic E-state index is 4.40. The summed E-state index contributed by atoms with van der Waals surface area (Å²) >= 11 is 1.99. The van der Waals surface area contributed by atoms with Crippen LogP contribution in [0.4, 0.5) is 0 Å². The quantitative estimate of drug-likeness (QED) is 0.612. The third-order valence-electron chi connectivity index (χ3n) is 2.71. The molecule has 0 saturated carbocycles. The van der Waals surface area contributed by atoms with Crippen LogP contribution in [-0.4, -0.2) is 28.0 Å². The number of aromatic nitrogens is 2. The molecule has 1 aromatic rings. The number of nitrogens with one attached hydrogen (secondary N) is 2. The van der Waals surface area contributed by atoms with E-state index in [1.165, 1.54) is 22.9 Å². The zero-order chi connectivity index (χ0) is 8.02. The van der Waals surface area contributed by atoms with Gasteiger partial charge in [-0.25, -0.2) is 4.98 Å². The number of rotatable bonds is 0. The van der Waals surface area contributed by atoms with Crippen molar-refractivity contribution in [1.82, 2.24) is 15.3 Å². The predicted molar refractivity (Wildman–Crippen MR) is 49.3 cm³/mol. The Morgan fingerprint density at radius 1 is 1.50 bits per heavy atom. The van der Waals surface area contributed by atoms with Crippen LogP contribution in [0.5, 0.6) is 0 Å².